The molecular weight excluding hydrogens is 200 g/mol. The average molecular weight is 222 g/mol. The summed E-state index contributed by atoms with van der Waals surface area (Å²) in [5.74, 6) is 1.11. The molecule has 4 nitrogen and oxygen atoms in total. The Morgan fingerprint density at radius 1 is 1.50 bits per heavy atom. The van der Waals surface area contributed by atoms with Gasteiger partial charge in [-0.2, -0.15) is 5.10 Å². The molecule has 1 saturated carbocycles. The van der Waals surface area contributed by atoms with E-state index in [1.165, 1.54) is 19.3 Å². The number of hydrogen-bond donors (Lipinski definition) is 1. The summed E-state index contributed by atoms with van der Waals surface area (Å²) in [6, 6.07) is 0.661. The molecule has 0 amide bonds. The van der Waals surface area contributed by atoms with Crippen LogP contribution in [0.4, 0.5) is 11.5 Å². The molecule has 0 radical (unpaired) electrons. The normalized spacial score (nSPS) is 16.2. The van der Waals surface area contributed by atoms with Gasteiger partial charge in [0.2, 0.25) is 0 Å². The summed E-state index contributed by atoms with van der Waals surface area (Å²) in [6.07, 6.45) is 5.00. The van der Waals surface area contributed by atoms with Crippen molar-refractivity contribution in [3.63, 3.8) is 0 Å². The van der Waals surface area contributed by atoms with Crippen LogP contribution in [0.3, 0.4) is 0 Å². The van der Waals surface area contributed by atoms with E-state index in [-0.39, 0.29) is 0 Å². The predicted molar refractivity (Wildman–Crippen MR) is 67.7 cm³/mol. The van der Waals surface area contributed by atoms with Gasteiger partial charge in [0.05, 0.1) is 11.4 Å². The van der Waals surface area contributed by atoms with Gasteiger partial charge in [0.1, 0.15) is 0 Å². The fourth-order valence-electron chi connectivity index (χ4n) is 2.27. The van der Waals surface area contributed by atoms with Crippen molar-refractivity contribution < 1.29 is 0 Å². The Bertz CT molecular complexity index is 365. The molecule has 1 heterocycles. The lowest BCUT2D eigenvalue weighted by atomic mass is 9.92. The van der Waals surface area contributed by atoms with Crippen molar-refractivity contribution in [3.05, 3.63) is 5.69 Å². The van der Waals surface area contributed by atoms with Crippen molar-refractivity contribution in [3.8, 4) is 0 Å². The van der Waals surface area contributed by atoms with Crippen LogP contribution in [0.5, 0.6) is 0 Å². The Kier molecular flexibility index (Phi) is 3.08. The maximum Gasteiger partial charge on any atom is 0.150 e. The first kappa shape index (κ1) is 11.3. The smallest absolute Gasteiger partial charge is 0.150 e. The summed E-state index contributed by atoms with van der Waals surface area (Å²) in [5, 5.41) is 4.51. The number of aryl methyl sites for hydroxylation is 2. The van der Waals surface area contributed by atoms with Crippen LogP contribution in [0.1, 0.15) is 38.3 Å². The van der Waals surface area contributed by atoms with Gasteiger partial charge < -0.3 is 10.6 Å². The molecule has 4 heteroatoms. The first-order valence-electron chi connectivity index (χ1n) is 6.20. The molecule has 0 saturated heterocycles. The van der Waals surface area contributed by atoms with Gasteiger partial charge in [0.25, 0.3) is 0 Å². The highest BCUT2D eigenvalue weighted by atomic mass is 15.4. The molecule has 90 valence electrons. The molecule has 0 atom stereocenters. The SMILES string of the molecule is CCCn1nc(C)c(N)c1N(C)C1CCC1. The number of rotatable bonds is 4. The van der Waals surface area contributed by atoms with E-state index >= 15 is 0 Å². The second-order valence-electron chi connectivity index (χ2n) is 4.74. The summed E-state index contributed by atoms with van der Waals surface area (Å²) in [7, 11) is 2.14. The molecule has 16 heavy (non-hydrogen) atoms. The highest BCUT2D eigenvalue weighted by Gasteiger charge is 2.26. The Morgan fingerprint density at radius 3 is 2.69 bits per heavy atom. The van der Waals surface area contributed by atoms with Crippen LogP contribution in [-0.4, -0.2) is 22.9 Å². The quantitative estimate of drug-likeness (QED) is 0.849. The highest BCUT2D eigenvalue weighted by Crippen LogP contribution is 2.33. The number of hydrogen-bond acceptors (Lipinski definition) is 3. The van der Waals surface area contributed by atoms with Crippen LogP contribution in [0.25, 0.3) is 0 Å². The Balaban J connectivity index is 2.28. The highest BCUT2D eigenvalue weighted by molar-refractivity contribution is 5.66. The molecular formula is C12H22N4. The van der Waals surface area contributed by atoms with Crippen molar-refractivity contribution in [1.29, 1.82) is 0 Å². The van der Waals surface area contributed by atoms with E-state index in [1.54, 1.807) is 0 Å². The van der Waals surface area contributed by atoms with Gasteiger partial charge in [-0.05, 0) is 32.6 Å². The van der Waals surface area contributed by atoms with Crippen molar-refractivity contribution in [1.82, 2.24) is 9.78 Å². The Morgan fingerprint density at radius 2 is 2.19 bits per heavy atom. The van der Waals surface area contributed by atoms with E-state index in [1.807, 2.05) is 6.92 Å². The summed E-state index contributed by atoms with van der Waals surface area (Å²) in [6.45, 7) is 5.10. The van der Waals surface area contributed by atoms with Crippen molar-refractivity contribution in [2.75, 3.05) is 17.7 Å². The van der Waals surface area contributed by atoms with Gasteiger partial charge in [-0.15, -0.1) is 0 Å². The monoisotopic (exact) mass is 222 g/mol. The van der Waals surface area contributed by atoms with Crippen LogP contribution in [0, 0.1) is 6.92 Å². The lowest BCUT2D eigenvalue weighted by Crippen LogP contribution is -2.38. The molecule has 0 unspecified atom stereocenters. The number of nitrogens with two attached hydrogens (primary N) is 1. The number of anilines is 2. The molecule has 1 aromatic heterocycles. The minimum absolute atomic E-state index is 0.661. The van der Waals surface area contributed by atoms with Crippen molar-refractivity contribution in [2.24, 2.45) is 0 Å². The fourth-order valence-corrected chi connectivity index (χ4v) is 2.27. The molecule has 1 aliphatic rings. The van der Waals surface area contributed by atoms with Crippen LogP contribution in [0.2, 0.25) is 0 Å². The van der Waals surface area contributed by atoms with E-state index in [0.29, 0.717) is 6.04 Å². The molecule has 0 aliphatic heterocycles. The zero-order valence-corrected chi connectivity index (χ0v) is 10.5. The van der Waals surface area contributed by atoms with Gasteiger partial charge in [0.15, 0.2) is 5.82 Å². The van der Waals surface area contributed by atoms with Gasteiger partial charge in [-0.3, -0.25) is 0 Å². The molecule has 0 spiro atoms. The van der Waals surface area contributed by atoms with Gasteiger partial charge in [0, 0.05) is 19.6 Å². The number of aromatic nitrogens is 2. The molecule has 1 aromatic rings. The lowest BCUT2D eigenvalue weighted by Gasteiger charge is -2.36. The standard InChI is InChI=1S/C12H22N4/c1-4-8-16-12(11(13)9(2)14-16)15(3)10-6-5-7-10/h10H,4-8,13H2,1-3H3. The minimum atomic E-state index is 0.661. The van der Waals surface area contributed by atoms with Crippen LogP contribution >= 0.6 is 0 Å². The van der Waals surface area contributed by atoms with E-state index in [0.717, 1.165) is 30.2 Å². The summed E-state index contributed by atoms with van der Waals surface area (Å²) in [5.41, 5.74) is 7.93. The largest absolute Gasteiger partial charge is 0.394 e. The Labute approximate surface area is 97.4 Å². The molecule has 1 aliphatic carbocycles. The van der Waals surface area contributed by atoms with E-state index in [4.69, 9.17) is 5.73 Å². The Hall–Kier alpha value is -1.19. The second kappa shape index (κ2) is 4.36. The third-order valence-electron chi connectivity index (χ3n) is 3.54. The predicted octanol–water partition coefficient (Wildman–Crippen LogP) is 2.17. The first-order valence-corrected chi connectivity index (χ1v) is 6.20. The van der Waals surface area contributed by atoms with E-state index in [9.17, 15) is 0 Å². The minimum Gasteiger partial charge on any atom is -0.394 e. The summed E-state index contributed by atoms with van der Waals surface area (Å²) >= 11 is 0. The van der Waals surface area contributed by atoms with E-state index < -0.39 is 0 Å². The van der Waals surface area contributed by atoms with Crippen molar-refractivity contribution in [2.45, 2.75) is 52.1 Å². The maximum atomic E-state index is 6.13. The van der Waals surface area contributed by atoms with Crippen molar-refractivity contribution >= 4 is 11.5 Å². The second-order valence-corrected chi connectivity index (χ2v) is 4.74. The zero-order chi connectivity index (χ0) is 11.7. The van der Waals surface area contributed by atoms with Gasteiger partial charge >= 0.3 is 0 Å². The van der Waals surface area contributed by atoms with Crippen LogP contribution in [-0.2, 0) is 6.54 Å². The fraction of sp³-hybridized carbons (Fsp3) is 0.750. The molecule has 0 aromatic carbocycles. The summed E-state index contributed by atoms with van der Waals surface area (Å²) in [4.78, 5) is 2.31. The number of nitrogen functional groups attached to an aromatic ring is 1. The third-order valence-corrected chi connectivity index (χ3v) is 3.54. The molecule has 0 bridgehead atoms. The first-order chi connectivity index (χ1) is 7.65. The maximum absolute atomic E-state index is 6.13. The van der Waals surface area contributed by atoms with E-state index in [2.05, 4.69) is 28.7 Å². The lowest BCUT2D eigenvalue weighted by molar-refractivity contribution is 0.394. The molecule has 1 fully saturated rings. The molecule has 2 rings (SSSR count). The average Bonchev–Trinajstić information content (AvgIpc) is 2.40. The third kappa shape index (κ3) is 1.77. The summed E-state index contributed by atoms with van der Waals surface area (Å²) < 4.78 is 2.06. The van der Waals surface area contributed by atoms with Gasteiger partial charge in [-0.25, -0.2) is 4.68 Å². The number of nitrogens with zero attached hydrogens (tertiary/aromatic N) is 3. The zero-order valence-electron chi connectivity index (χ0n) is 10.5. The molecule has 2 N–H and O–H groups in total. The topological polar surface area (TPSA) is 47.1 Å². The van der Waals surface area contributed by atoms with Crippen LogP contribution < -0.4 is 10.6 Å². The van der Waals surface area contributed by atoms with Crippen LogP contribution in [0.15, 0.2) is 0 Å². The van der Waals surface area contributed by atoms with Gasteiger partial charge in [-0.1, -0.05) is 6.92 Å².